The highest BCUT2D eigenvalue weighted by molar-refractivity contribution is 6.58. The van der Waals surface area contributed by atoms with Crippen LogP contribution >= 0.6 is 0 Å². The first-order chi connectivity index (χ1) is 16.1. The van der Waals surface area contributed by atoms with Gasteiger partial charge in [-0.15, -0.1) is 0 Å². The van der Waals surface area contributed by atoms with Crippen molar-refractivity contribution in [2.45, 2.75) is 81.8 Å². The van der Waals surface area contributed by atoms with Gasteiger partial charge in [-0.25, -0.2) is 8.78 Å². The molecule has 2 fully saturated rings. The van der Waals surface area contributed by atoms with Crippen LogP contribution in [0.2, 0.25) is 18.1 Å². The van der Waals surface area contributed by atoms with E-state index in [9.17, 15) is 8.78 Å². The molecule has 1 saturated heterocycles. The molecule has 4 heteroatoms. The van der Waals surface area contributed by atoms with Crippen LogP contribution in [-0.2, 0) is 4.74 Å². The number of benzene rings is 2. The lowest BCUT2D eigenvalue weighted by atomic mass is 9.76. The maximum absolute atomic E-state index is 13.5. The number of hydrogen-bond donors (Lipinski definition) is 0. The highest BCUT2D eigenvalue weighted by atomic mass is 28.3. The largest absolute Gasteiger partial charge is 0.385 e. The predicted molar refractivity (Wildman–Crippen MR) is 135 cm³/mol. The van der Waals surface area contributed by atoms with Gasteiger partial charge in [0.1, 0.15) is 0 Å². The maximum Gasteiger partial charge on any atom is 0.159 e. The van der Waals surface area contributed by atoms with Crippen LogP contribution in [0.5, 0.6) is 0 Å². The number of rotatable bonds is 9. The predicted octanol–water partition coefficient (Wildman–Crippen LogP) is 8.63. The summed E-state index contributed by atoms with van der Waals surface area (Å²) in [7, 11) is 1.74. The third kappa shape index (κ3) is 6.99. The smallest absolute Gasteiger partial charge is 0.159 e. The Balaban J connectivity index is 1.18. The molecule has 2 aliphatic rings. The van der Waals surface area contributed by atoms with Crippen molar-refractivity contribution in [2.75, 3.05) is 13.7 Å². The fourth-order valence-electron chi connectivity index (χ4n) is 5.97. The van der Waals surface area contributed by atoms with Gasteiger partial charge in [0, 0.05) is 22.5 Å². The molecule has 1 saturated carbocycles. The Hall–Kier alpha value is -1.52. The summed E-state index contributed by atoms with van der Waals surface area (Å²) in [5.74, 6) is 0.969. The highest BCUT2D eigenvalue weighted by Gasteiger charge is 2.25. The topological polar surface area (TPSA) is 9.23 Å². The molecule has 0 unspecified atom stereocenters. The summed E-state index contributed by atoms with van der Waals surface area (Å²) in [6.45, 7) is 0.943. The van der Waals surface area contributed by atoms with Crippen LogP contribution in [0, 0.1) is 23.5 Å². The lowest BCUT2D eigenvalue weighted by molar-refractivity contribution is 0.199. The molecule has 33 heavy (non-hydrogen) atoms. The lowest BCUT2D eigenvalue weighted by Crippen LogP contribution is -2.22. The zero-order chi connectivity index (χ0) is 23.0. The van der Waals surface area contributed by atoms with Crippen molar-refractivity contribution in [3.8, 4) is 11.1 Å². The summed E-state index contributed by atoms with van der Waals surface area (Å²) in [5, 5.41) is 0. The summed E-state index contributed by atoms with van der Waals surface area (Å²) in [6, 6.07) is 17.2. The molecule has 0 amide bonds. The monoisotopic (exact) mass is 469 g/mol. The van der Waals surface area contributed by atoms with Gasteiger partial charge in [0.2, 0.25) is 0 Å². The fourth-order valence-corrected chi connectivity index (χ4v) is 9.00. The van der Waals surface area contributed by atoms with Crippen molar-refractivity contribution in [1.82, 2.24) is 0 Å². The van der Waals surface area contributed by atoms with E-state index in [1.807, 2.05) is 7.11 Å². The Kier molecular flexibility index (Phi) is 9.14. The van der Waals surface area contributed by atoms with Crippen LogP contribution in [0.3, 0.4) is 0 Å². The molecule has 0 aromatic heterocycles. The Morgan fingerprint density at radius 3 is 2.06 bits per heavy atom. The molecule has 4 rings (SSSR count). The maximum atomic E-state index is 13.5. The summed E-state index contributed by atoms with van der Waals surface area (Å²) < 4.78 is 32.0. The number of hydrogen-bond acceptors (Lipinski definition) is 1. The highest BCUT2D eigenvalue weighted by Crippen LogP contribution is 2.40. The van der Waals surface area contributed by atoms with Crippen LogP contribution in [-0.4, -0.2) is 22.5 Å². The van der Waals surface area contributed by atoms with Crippen LogP contribution in [0.1, 0.15) is 69.3 Å². The molecule has 1 heterocycles. The third-order valence-corrected chi connectivity index (χ3v) is 11.2. The van der Waals surface area contributed by atoms with Gasteiger partial charge in [0.05, 0.1) is 0 Å². The molecule has 2 aromatic carbocycles. The van der Waals surface area contributed by atoms with Crippen molar-refractivity contribution in [3.63, 3.8) is 0 Å². The lowest BCUT2D eigenvalue weighted by Gasteiger charge is -2.32. The molecular formula is C29H39F2OSi. The van der Waals surface area contributed by atoms with Gasteiger partial charge < -0.3 is 4.74 Å². The molecule has 1 nitrogen and oxygen atoms in total. The zero-order valence-electron chi connectivity index (χ0n) is 20.1. The number of halogens is 2. The van der Waals surface area contributed by atoms with Crippen LogP contribution < -0.4 is 0 Å². The van der Waals surface area contributed by atoms with Crippen molar-refractivity contribution in [2.24, 2.45) is 11.8 Å². The average molecular weight is 470 g/mol. The normalized spacial score (nSPS) is 22.5. The molecule has 0 atom stereocenters. The van der Waals surface area contributed by atoms with Crippen molar-refractivity contribution in [3.05, 3.63) is 59.7 Å². The number of methoxy groups -OCH3 is 1. The summed E-state index contributed by atoms with van der Waals surface area (Å²) >= 11 is 0. The quantitative estimate of drug-likeness (QED) is 0.264. The van der Waals surface area contributed by atoms with E-state index in [1.165, 1.54) is 93.6 Å². The van der Waals surface area contributed by atoms with Crippen LogP contribution in [0.25, 0.3) is 11.1 Å². The van der Waals surface area contributed by atoms with E-state index in [0.717, 1.165) is 29.6 Å². The van der Waals surface area contributed by atoms with Gasteiger partial charge in [0.15, 0.2) is 11.6 Å². The first-order valence-corrected chi connectivity index (χ1v) is 15.1. The fraction of sp³-hybridized carbons (Fsp3) is 0.586. The first-order valence-electron chi connectivity index (χ1n) is 13.0. The number of ether oxygens (including phenoxy) is 1. The molecule has 2 aromatic rings. The van der Waals surface area contributed by atoms with E-state index in [-0.39, 0.29) is 8.80 Å². The summed E-state index contributed by atoms with van der Waals surface area (Å²) in [4.78, 5) is 0. The van der Waals surface area contributed by atoms with E-state index < -0.39 is 11.6 Å². The second kappa shape index (κ2) is 12.3. The minimum atomic E-state index is -0.792. The first kappa shape index (κ1) is 24.6. The third-order valence-electron chi connectivity index (χ3n) is 8.16. The second-order valence-corrected chi connectivity index (χ2v) is 13.3. The molecule has 179 valence electrons. The van der Waals surface area contributed by atoms with Gasteiger partial charge in [-0.3, -0.25) is 0 Å². The Bertz CT molecular complexity index is 852. The van der Waals surface area contributed by atoms with Gasteiger partial charge in [-0.1, -0.05) is 74.1 Å². The van der Waals surface area contributed by atoms with E-state index in [0.29, 0.717) is 5.92 Å². The van der Waals surface area contributed by atoms with Gasteiger partial charge >= 0.3 is 0 Å². The van der Waals surface area contributed by atoms with E-state index >= 15 is 0 Å². The molecular weight excluding hydrogens is 430 g/mol. The van der Waals surface area contributed by atoms with Gasteiger partial charge in [-0.2, -0.15) is 0 Å². The van der Waals surface area contributed by atoms with Crippen LogP contribution in [0.4, 0.5) is 8.78 Å². The Morgan fingerprint density at radius 1 is 0.788 bits per heavy atom. The molecule has 1 aliphatic carbocycles. The van der Waals surface area contributed by atoms with Crippen molar-refractivity contribution >= 4 is 8.80 Å². The minimum Gasteiger partial charge on any atom is -0.385 e. The van der Waals surface area contributed by atoms with E-state index in [1.54, 1.807) is 6.07 Å². The standard InChI is InChI=1S/C29H39F2OSi/c1-32-17-2-18-33-19-15-23(16-20-33)4-3-22-5-7-24(8-6-22)25-9-11-26(12-10-25)27-13-14-28(30)29(31)21-27/h9-14,21-24H,2-8,15-20H2,1H3. The molecule has 0 N–H and O–H groups in total. The van der Waals surface area contributed by atoms with E-state index in [4.69, 9.17) is 4.74 Å². The molecule has 1 radical (unpaired) electrons. The Morgan fingerprint density at radius 2 is 1.42 bits per heavy atom. The van der Waals surface area contributed by atoms with Crippen molar-refractivity contribution in [1.29, 1.82) is 0 Å². The SMILES string of the molecule is COCCC[Si]1CCC(CCC2CCC(c3ccc(-c4ccc(F)c(F)c4)cc3)CC2)CC1. The molecule has 0 bridgehead atoms. The van der Waals surface area contributed by atoms with Gasteiger partial charge in [-0.05, 0) is 78.7 Å². The minimum absolute atomic E-state index is 0.0727. The average Bonchev–Trinajstić information content (AvgIpc) is 2.86. The molecule has 1 aliphatic heterocycles. The second-order valence-electron chi connectivity index (χ2n) is 10.3. The van der Waals surface area contributed by atoms with Gasteiger partial charge in [0.25, 0.3) is 0 Å². The zero-order valence-corrected chi connectivity index (χ0v) is 21.1. The van der Waals surface area contributed by atoms with Crippen LogP contribution in [0.15, 0.2) is 42.5 Å². The van der Waals surface area contributed by atoms with Crippen molar-refractivity contribution < 1.29 is 13.5 Å². The summed E-state index contributed by atoms with van der Waals surface area (Å²) in [6.07, 6.45) is 12.4. The summed E-state index contributed by atoms with van der Waals surface area (Å²) in [5.41, 5.74) is 3.08. The van der Waals surface area contributed by atoms with E-state index in [2.05, 4.69) is 24.3 Å². The Labute approximate surface area is 200 Å². The molecule has 0 spiro atoms.